The number of carbonyl (C=O) groups is 1. The summed E-state index contributed by atoms with van der Waals surface area (Å²) in [6, 6.07) is 4.50. The quantitative estimate of drug-likeness (QED) is 0.915. The van der Waals surface area contributed by atoms with Crippen molar-refractivity contribution in [1.29, 1.82) is 0 Å². The Balaban J connectivity index is 2.07. The minimum Gasteiger partial charge on any atom is -0.497 e. The molecule has 1 N–H and O–H groups in total. The van der Waals surface area contributed by atoms with Gasteiger partial charge >= 0.3 is 0 Å². The molecule has 3 nitrogen and oxygen atoms in total. The fraction of sp³-hybridized carbons (Fsp3) is 0.562. The molecule has 1 fully saturated rings. The second kappa shape index (κ2) is 6.73. The van der Waals surface area contributed by atoms with Crippen LogP contribution in [0.25, 0.3) is 0 Å². The molecule has 0 spiro atoms. The zero-order valence-electron chi connectivity index (χ0n) is 12.1. The topological polar surface area (TPSA) is 38.3 Å². The van der Waals surface area contributed by atoms with Gasteiger partial charge in [-0.3, -0.25) is 4.79 Å². The molecule has 2 rings (SSSR count). The van der Waals surface area contributed by atoms with Gasteiger partial charge in [0.05, 0.1) is 12.7 Å². The van der Waals surface area contributed by atoms with Crippen molar-refractivity contribution in [3.63, 3.8) is 0 Å². The van der Waals surface area contributed by atoms with E-state index in [0.717, 1.165) is 25.7 Å². The molecular weight excluding hydrogens is 257 g/mol. The summed E-state index contributed by atoms with van der Waals surface area (Å²) >= 11 is 0. The van der Waals surface area contributed by atoms with Crippen molar-refractivity contribution in [2.75, 3.05) is 7.11 Å². The summed E-state index contributed by atoms with van der Waals surface area (Å²) in [5.74, 6) is 0.0679. The summed E-state index contributed by atoms with van der Waals surface area (Å²) in [6.45, 7) is 2.14. The van der Waals surface area contributed by atoms with Crippen molar-refractivity contribution < 1.29 is 13.9 Å². The zero-order valence-corrected chi connectivity index (χ0v) is 12.1. The summed E-state index contributed by atoms with van der Waals surface area (Å²) in [6.07, 6.45) is 5.54. The van der Waals surface area contributed by atoms with Crippen LogP contribution in [0, 0.1) is 11.7 Å². The van der Waals surface area contributed by atoms with Crippen molar-refractivity contribution in [3.05, 3.63) is 29.6 Å². The van der Waals surface area contributed by atoms with E-state index >= 15 is 0 Å². The van der Waals surface area contributed by atoms with Gasteiger partial charge in [0.1, 0.15) is 11.6 Å². The van der Waals surface area contributed by atoms with Gasteiger partial charge in [-0.05, 0) is 30.9 Å². The molecule has 0 heterocycles. The predicted molar refractivity (Wildman–Crippen MR) is 76.5 cm³/mol. The van der Waals surface area contributed by atoms with Gasteiger partial charge in [0.25, 0.3) is 5.91 Å². The van der Waals surface area contributed by atoms with E-state index in [2.05, 4.69) is 12.2 Å². The Bertz CT molecular complexity index is 476. The van der Waals surface area contributed by atoms with E-state index in [1.807, 2.05) is 0 Å². The maximum Gasteiger partial charge on any atom is 0.254 e. The Hall–Kier alpha value is -1.58. The molecule has 1 aliphatic carbocycles. The third-order valence-electron chi connectivity index (χ3n) is 4.17. The van der Waals surface area contributed by atoms with Crippen LogP contribution in [0.4, 0.5) is 4.39 Å². The molecule has 1 amide bonds. The number of hydrogen-bond donors (Lipinski definition) is 1. The molecule has 20 heavy (non-hydrogen) atoms. The largest absolute Gasteiger partial charge is 0.497 e. The van der Waals surface area contributed by atoms with Crippen molar-refractivity contribution in [2.45, 2.75) is 45.1 Å². The van der Waals surface area contributed by atoms with Crippen molar-refractivity contribution >= 4 is 5.91 Å². The molecule has 1 aliphatic rings. The van der Waals surface area contributed by atoms with Crippen LogP contribution in [0.2, 0.25) is 0 Å². The lowest BCUT2D eigenvalue weighted by Gasteiger charge is -2.31. The van der Waals surface area contributed by atoms with Crippen LogP contribution in [-0.4, -0.2) is 19.1 Å². The first kappa shape index (κ1) is 14.8. The molecule has 1 aromatic carbocycles. The van der Waals surface area contributed by atoms with Crippen molar-refractivity contribution in [2.24, 2.45) is 5.92 Å². The van der Waals surface area contributed by atoms with E-state index in [9.17, 15) is 9.18 Å². The standard InChI is InChI=1S/C16H22FNO2/c1-3-11-6-4-5-7-15(11)18-16(19)13-9-8-12(20-2)10-14(13)17/h8-11,15H,3-7H2,1-2H3,(H,18,19). The second-order valence-corrected chi connectivity index (χ2v) is 5.38. The Kier molecular flexibility index (Phi) is 4.99. The zero-order chi connectivity index (χ0) is 14.5. The van der Waals surface area contributed by atoms with Gasteiger partial charge < -0.3 is 10.1 Å². The van der Waals surface area contributed by atoms with E-state index in [-0.39, 0.29) is 17.5 Å². The van der Waals surface area contributed by atoms with Gasteiger partial charge in [0.2, 0.25) is 0 Å². The van der Waals surface area contributed by atoms with Crippen LogP contribution in [0.5, 0.6) is 5.75 Å². The SMILES string of the molecule is CCC1CCCCC1NC(=O)c1ccc(OC)cc1F. The number of carbonyl (C=O) groups excluding carboxylic acids is 1. The number of halogens is 1. The molecule has 2 atom stereocenters. The van der Waals surface area contributed by atoms with Gasteiger partial charge in [-0.15, -0.1) is 0 Å². The Morgan fingerprint density at radius 2 is 2.15 bits per heavy atom. The first-order valence-electron chi connectivity index (χ1n) is 7.30. The number of methoxy groups -OCH3 is 1. The van der Waals surface area contributed by atoms with Crippen LogP contribution in [0.3, 0.4) is 0 Å². The molecule has 4 heteroatoms. The molecule has 0 saturated heterocycles. The highest BCUT2D eigenvalue weighted by atomic mass is 19.1. The van der Waals surface area contributed by atoms with E-state index in [1.54, 1.807) is 6.07 Å². The molecular formula is C16H22FNO2. The van der Waals surface area contributed by atoms with Crippen LogP contribution >= 0.6 is 0 Å². The van der Waals surface area contributed by atoms with Gasteiger partial charge in [0.15, 0.2) is 0 Å². The van der Waals surface area contributed by atoms with Crippen LogP contribution < -0.4 is 10.1 Å². The minimum atomic E-state index is -0.536. The number of rotatable bonds is 4. The maximum absolute atomic E-state index is 13.9. The summed E-state index contributed by atoms with van der Waals surface area (Å²) in [5.41, 5.74) is 0.0891. The fourth-order valence-electron chi connectivity index (χ4n) is 2.94. The van der Waals surface area contributed by atoms with Gasteiger partial charge in [-0.25, -0.2) is 4.39 Å². The average Bonchev–Trinajstić information content (AvgIpc) is 2.47. The lowest BCUT2D eigenvalue weighted by molar-refractivity contribution is 0.0900. The van der Waals surface area contributed by atoms with Crippen molar-refractivity contribution in [3.8, 4) is 5.75 Å². The summed E-state index contributed by atoms with van der Waals surface area (Å²) in [7, 11) is 1.47. The summed E-state index contributed by atoms with van der Waals surface area (Å²) in [4.78, 5) is 12.2. The third kappa shape index (κ3) is 3.30. The Morgan fingerprint density at radius 1 is 1.40 bits per heavy atom. The minimum absolute atomic E-state index is 0.0891. The number of benzene rings is 1. The van der Waals surface area contributed by atoms with E-state index < -0.39 is 5.82 Å². The predicted octanol–water partition coefficient (Wildman–Crippen LogP) is 3.53. The molecule has 1 saturated carbocycles. The smallest absolute Gasteiger partial charge is 0.254 e. The lowest BCUT2D eigenvalue weighted by Crippen LogP contribution is -2.42. The first-order chi connectivity index (χ1) is 9.65. The van der Waals surface area contributed by atoms with E-state index in [0.29, 0.717) is 11.7 Å². The second-order valence-electron chi connectivity index (χ2n) is 5.38. The highest BCUT2D eigenvalue weighted by molar-refractivity contribution is 5.94. The number of ether oxygens (including phenoxy) is 1. The molecule has 2 unspecified atom stereocenters. The molecule has 0 bridgehead atoms. The summed E-state index contributed by atoms with van der Waals surface area (Å²) in [5, 5.41) is 2.99. The molecule has 1 aromatic rings. The van der Waals surface area contributed by atoms with Gasteiger partial charge in [-0.2, -0.15) is 0 Å². The average molecular weight is 279 g/mol. The lowest BCUT2D eigenvalue weighted by atomic mass is 9.83. The van der Waals surface area contributed by atoms with E-state index in [4.69, 9.17) is 4.74 Å². The van der Waals surface area contributed by atoms with Crippen LogP contribution in [0.1, 0.15) is 49.4 Å². The van der Waals surface area contributed by atoms with Crippen LogP contribution in [0.15, 0.2) is 18.2 Å². The fourth-order valence-corrected chi connectivity index (χ4v) is 2.94. The molecule has 0 radical (unpaired) electrons. The van der Waals surface area contributed by atoms with Crippen molar-refractivity contribution in [1.82, 2.24) is 5.32 Å². The molecule has 0 aliphatic heterocycles. The third-order valence-corrected chi connectivity index (χ3v) is 4.17. The van der Waals surface area contributed by atoms with E-state index in [1.165, 1.54) is 25.7 Å². The maximum atomic E-state index is 13.9. The first-order valence-corrected chi connectivity index (χ1v) is 7.30. The number of nitrogens with one attached hydrogen (secondary N) is 1. The van der Waals surface area contributed by atoms with Gasteiger partial charge in [-0.1, -0.05) is 26.2 Å². The molecule has 110 valence electrons. The number of amides is 1. The molecule has 0 aromatic heterocycles. The monoisotopic (exact) mass is 279 g/mol. The normalized spacial score (nSPS) is 22.4. The Morgan fingerprint density at radius 3 is 2.80 bits per heavy atom. The number of hydrogen-bond acceptors (Lipinski definition) is 2. The Labute approximate surface area is 119 Å². The summed E-state index contributed by atoms with van der Waals surface area (Å²) < 4.78 is 18.8. The highest BCUT2D eigenvalue weighted by Gasteiger charge is 2.26. The van der Waals surface area contributed by atoms with Crippen LogP contribution in [-0.2, 0) is 0 Å². The van der Waals surface area contributed by atoms with Gasteiger partial charge in [0, 0.05) is 12.1 Å². The highest BCUT2D eigenvalue weighted by Crippen LogP contribution is 2.27.